The summed E-state index contributed by atoms with van der Waals surface area (Å²) in [6, 6.07) is 0.135. The second-order valence-corrected chi connectivity index (χ2v) is 5.02. The highest BCUT2D eigenvalue weighted by Crippen LogP contribution is 2.08. The number of unbranched alkanes of at least 4 members (excludes halogenated alkanes) is 1. The molecule has 0 aliphatic carbocycles. The lowest BCUT2D eigenvalue weighted by Gasteiger charge is -2.02. The third-order valence-electron chi connectivity index (χ3n) is 1.76. The van der Waals surface area contributed by atoms with Crippen LogP contribution in [0.3, 0.4) is 0 Å². The molecular formula is C8H16N4O3S. The number of ether oxygens (including phenoxy) is 1. The fourth-order valence-electron chi connectivity index (χ4n) is 1.02. The predicted octanol–water partition coefficient (Wildman–Crippen LogP) is 0.745. The lowest BCUT2D eigenvalue weighted by Crippen LogP contribution is -2.17. The molecule has 0 aliphatic rings. The summed E-state index contributed by atoms with van der Waals surface area (Å²) in [5.41, 5.74) is 0. The van der Waals surface area contributed by atoms with Gasteiger partial charge in [-0.15, -0.1) is 5.10 Å². The highest BCUT2D eigenvalue weighted by Gasteiger charge is 2.12. The summed E-state index contributed by atoms with van der Waals surface area (Å²) >= 11 is 0. The maximum absolute atomic E-state index is 11.5. The zero-order chi connectivity index (χ0) is 12.0. The molecule has 1 aromatic rings. The van der Waals surface area contributed by atoms with Gasteiger partial charge in [0.25, 0.3) is 0 Å². The summed E-state index contributed by atoms with van der Waals surface area (Å²) in [5, 5.41) is 6.13. The topological polar surface area (TPSA) is 97.0 Å². The van der Waals surface area contributed by atoms with Gasteiger partial charge in [-0.25, -0.2) is 13.5 Å². The van der Waals surface area contributed by atoms with Gasteiger partial charge in [0, 0.05) is 0 Å². The maximum atomic E-state index is 11.5. The molecular weight excluding hydrogens is 232 g/mol. The molecule has 0 fully saturated rings. The lowest BCUT2D eigenvalue weighted by atomic mass is 10.4. The second-order valence-electron chi connectivity index (χ2n) is 3.17. The summed E-state index contributed by atoms with van der Waals surface area (Å²) in [7, 11) is -3.34. The van der Waals surface area contributed by atoms with Crippen LogP contribution in [-0.2, 0) is 10.0 Å². The molecule has 0 saturated heterocycles. The Morgan fingerprint density at radius 2 is 2.19 bits per heavy atom. The zero-order valence-electron chi connectivity index (χ0n) is 9.36. The van der Waals surface area contributed by atoms with E-state index in [0.29, 0.717) is 13.0 Å². The quantitative estimate of drug-likeness (QED) is 0.742. The number of anilines is 1. The van der Waals surface area contributed by atoms with Crippen molar-refractivity contribution < 1.29 is 13.2 Å². The van der Waals surface area contributed by atoms with Gasteiger partial charge in [-0.2, -0.15) is 4.98 Å². The van der Waals surface area contributed by atoms with E-state index in [4.69, 9.17) is 4.74 Å². The largest absolute Gasteiger partial charge is 0.463 e. The molecule has 0 atom stereocenters. The van der Waals surface area contributed by atoms with Crippen LogP contribution in [0.25, 0.3) is 0 Å². The number of hydrogen-bond donors (Lipinski definition) is 2. The van der Waals surface area contributed by atoms with Crippen LogP contribution in [0.2, 0.25) is 0 Å². The van der Waals surface area contributed by atoms with Crippen molar-refractivity contribution in [1.29, 1.82) is 0 Å². The minimum atomic E-state index is -3.34. The Labute approximate surface area is 94.7 Å². The minimum absolute atomic E-state index is 0.0775. The summed E-state index contributed by atoms with van der Waals surface area (Å²) in [4.78, 5) is 3.81. The van der Waals surface area contributed by atoms with Crippen LogP contribution in [0.15, 0.2) is 0 Å². The summed E-state index contributed by atoms with van der Waals surface area (Å²) in [6.45, 7) is 4.15. The van der Waals surface area contributed by atoms with Crippen LogP contribution in [0.1, 0.15) is 26.7 Å². The molecule has 1 heterocycles. The molecule has 0 radical (unpaired) electrons. The van der Waals surface area contributed by atoms with Crippen molar-refractivity contribution in [2.45, 2.75) is 26.7 Å². The van der Waals surface area contributed by atoms with E-state index >= 15 is 0 Å². The standard InChI is InChI=1S/C8H16N4O3S/c1-3-5-6-16(13,14)12-7-9-8(11-10-7)15-4-2/h3-6H2,1-2H3,(H2,9,10,11,12). The van der Waals surface area contributed by atoms with E-state index in [1.807, 2.05) is 6.92 Å². The van der Waals surface area contributed by atoms with E-state index < -0.39 is 10.0 Å². The Kier molecular flexibility index (Phi) is 4.53. The number of rotatable bonds is 7. The Morgan fingerprint density at radius 3 is 2.81 bits per heavy atom. The zero-order valence-corrected chi connectivity index (χ0v) is 10.2. The summed E-state index contributed by atoms with van der Waals surface area (Å²) in [6.07, 6.45) is 1.43. The first-order chi connectivity index (χ1) is 7.57. The van der Waals surface area contributed by atoms with Crippen LogP contribution in [0.4, 0.5) is 5.95 Å². The smallest absolute Gasteiger partial charge is 0.337 e. The number of nitrogens with one attached hydrogen (secondary N) is 2. The number of nitrogens with zero attached hydrogens (tertiary/aromatic N) is 2. The first-order valence-corrected chi connectivity index (χ1v) is 6.78. The predicted molar refractivity (Wildman–Crippen MR) is 59.9 cm³/mol. The van der Waals surface area contributed by atoms with Gasteiger partial charge in [0.2, 0.25) is 16.0 Å². The highest BCUT2D eigenvalue weighted by molar-refractivity contribution is 7.92. The molecule has 16 heavy (non-hydrogen) atoms. The van der Waals surface area contributed by atoms with Crippen molar-refractivity contribution in [3.8, 4) is 6.01 Å². The maximum Gasteiger partial charge on any atom is 0.337 e. The van der Waals surface area contributed by atoms with Gasteiger partial charge in [0.05, 0.1) is 12.4 Å². The number of sulfonamides is 1. The van der Waals surface area contributed by atoms with E-state index in [1.54, 1.807) is 6.92 Å². The van der Waals surface area contributed by atoms with Gasteiger partial charge in [0.15, 0.2) is 0 Å². The Bertz CT molecular complexity index is 415. The van der Waals surface area contributed by atoms with Crippen LogP contribution in [-0.4, -0.2) is 36.0 Å². The molecule has 8 heteroatoms. The highest BCUT2D eigenvalue weighted by atomic mass is 32.2. The molecule has 2 N–H and O–H groups in total. The molecule has 0 aliphatic heterocycles. The molecule has 1 aromatic heterocycles. The molecule has 0 amide bonds. The fourth-order valence-corrected chi connectivity index (χ4v) is 2.18. The van der Waals surface area contributed by atoms with Gasteiger partial charge < -0.3 is 4.74 Å². The van der Waals surface area contributed by atoms with Crippen LogP contribution in [0.5, 0.6) is 6.01 Å². The van der Waals surface area contributed by atoms with E-state index in [2.05, 4.69) is 19.9 Å². The summed E-state index contributed by atoms with van der Waals surface area (Å²) in [5.74, 6) is 0.160. The van der Waals surface area contributed by atoms with Crippen LogP contribution >= 0.6 is 0 Å². The molecule has 7 nitrogen and oxygen atoms in total. The average molecular weight is 248 g/mol. The van der Waals surface area contributed by atoms with Crippen molar-refractivity contribution in [1.82, 2.24) is 15.2 Å². The van der Waals surface area contributed by atoms with Crippen molar-refractivity contribution in [2.75, 3.05) is 17.1 Å². The molecule has 0 spiro atoms. The number of aromatic nitrogens is 3. The molecule has 92 valence electrons. The van der Waals surface area contributed by atoms with Crippen molar-refractivity contribution in [3.05, 3.63) is 0 Å². The third-order valence-corrected chi connectivity index (χ3v) is 3.09. The fraction of sp³-hybridized carbons (Fsp3) is 0.750. The normalized spacial score (nSPS) is 11.4. The second kappa shape index (κ2) is 5.69. The number of aromatic amines is 1. The van der Waals surface area contributed by atoms with Crippen molar-refractivity contribution in [3.63, 3.8) is 0 Å². The third kappa shape index (κ3) is 4.05. The Hall–Kier alpha value is -1.31. The number of hydrogen-bond acceptors (Lipinski definition) is 5. The van der Waals surface area contributed by atoms with E-state index in [1.165, 1.54) is 0 Å². The first kappa shape index (κ1) is 12.8. The monoisotopic (exact) mass is 248 g/mol. The Morgan fingerprint density at radius 1 is 1.44 bits per heavy atom. The van der Waals surface area contributed by atoms with Crippen molar-refractivity contribution >= 4 is 16.0 Å². The van der Waals surface area contributed by atoms with E-state index in [0.717, 1.165) is 6.42 Å². The average Bonchev–Trinajstić information content (AvgIpc) is 2.62. The van der Waals surface area contributed by atoms with Crippen molar-refractivity contribution in [2.24, 2.45) is 0 Å². The SMILES string of the molecule is CCCCS(=O)(=O)Nc1nc(OCC)n[nH]1. The lowest BCUT2D eigenvalue weighted by molar-refractivity contribution is 0.314. The Balaban J connectivity index is 2.58. The minimum Gasteiger partial charge on any atom is -0.463 e. The molecule has 0 unspecified atom stereocenters. The molecule has 0 aromatic carbocycles. The van der Waals surface area contributed by atoms with Gasteiger partial charge in [0.1, 0.15) is 0 Å². The number of H-pyrrole nitrogens is 1. The van der Waals surface area contributed by atoms with E-state index in [9.17, 15) is 8.42 Å². The van der Waals surface area contributed by atoms with E-state index in [-0.39, 0.29) is 17.7 Å². The van der Waals surface area contributed by atoms with Gasteiger partial charge in [-0.1, -0.05) is 13.3 Å². The van der Waals surface area contributed by atoms with Crippen LogP contribution in [0, 0.1) is 0 Å². The van der Waals surface area contributed by atoms with Gasteiger partial charge in [-0.05, 0) is 13.3 Å². The molecule has 0 saturated carbocycles. The van der Waals surface area contributed by atoms with Gasteiger partial charge in [-0.3, -0.25) is 4.72 Å². The van der Waals surface area contributed by atoms with Crippen LogP contribution < -0.4 is 9.46 Å². The molecule has 1 rings (SSSR count). The first-order valence-electron chi connectivity index (χ1n) is 5.13. The summed E-state index contributed by atoms with van der Waals surface area (Å²) < 4.78 is 30.3. The van der Waals surface area contributed by atoms with Gasteiger partial charge >= 0.3 is 6.01 Å². The molecule has 0 bridgehead atoms.